The topological polar surface area (TPSA) is 27.3 Å². The smallest absolute Gasteiger partial charge is 0.179 e. The summed E-state index contributed by atoms with van der Waals surface area (Å²) in [5.74, 6) is 0.611. The van der Waals surface area contributed by atoms with Crippen molar-refractivity contribution >= 4 is 13.8 Å². The van der Waals surface area contributed by atoms with Crippen LogP contribution < -0.4 is 10.6 Å². The lowest BCUT2D eigenvalue weighted by Gasteiger charge is -2.28. The minimum atomic E-state index is -0.133. The fourth-order valence-corrected chi connectivity index (χ4v) is 3.23. The quantitative estimate of drug-likeness (QED) is 0.511. The van der Waals surface area contributed by atoms with E-state index in [1.54, 1.807) is 0 Å². The highest BCUT2D eigenvalue weighted by Crippen LogP contribution is 2.22. The first-order valence-electron chi connectivity index (χ1n) is 6.87. The Hall–Kier alpha value is 0.0500. The molecule has 1 aliphatic heterocycles. The third-order valence-corrected chi connectivity index (χ3v) is 4.81. The third kappa shape index (κ3) is 6.52. The van der Waals surface area contributed by atoms with Crippen LogP contribution >= 0.6 is 7.55 Å². The molecular formula is C13H29N3P+. The van der Waals surface area contributed by atoms with Gasteiger partial charge in [-0.05, 0) is 45.9 Å². The van der Waals surface area contributed by atoms with E-state index in [1.807, 2.05) is 7.05 Å². The molecule has 4 heteroatoms. The number of nitrogens with zero attached hydrogens (tertiary/aromatic N) is 1. The summed E-state index contributed by atoms with van der Waals surface area (Å²) >= 11 is 0. The van der Waals surface area contributed by atoms with Gasteiger partial charge >= 0.3 is 0 Å². The van der Waals surface area contributed by atoms with Crippen molar-refractivity contribution < 1.29 is 0 Å². The number of hydrogen-bond acceptors (Lipinski definition) is 3. The summed E-state index contributed by atoms with van der Waals surface area (Å²) in [7, 11) is 1.88. The largest absolute Gasteiger partial charge is 0.320 e. The van der Waals surface area contributed by atoms with Crippen molar-refractivity contribution in [2.75, 3.05) is 46.4 Å². The zero-order chi connectivity index (χ0) is 12.5. The number of hydrogen-bond donors (Lipinski definition) is 2. The van der Waals surface area contributed by atoms with E-state index in [0.717, 1.165) is 13.1 Å². The Kier molecular flexibility index (Phi) is 8.04. The maximum Gasteiger partial charge on any atom is 0.179 e. The van der Waals surface area contributed by atoms with E-state index in [1.165, 1.54) is 45.3 Å². The van der Waals surface area contributed by atoms with Crippen LogP contribution in [-0.4, -0.2) is 63.4 Å². The van der Waals surface area contributed by atoms with Crippen molar-refractivity contribution in [1.82, 2.24) is 15.5 Å². The number of piperidine rings is 1. The van der Waals surface area contributed by atoms with Crippen LogP contribution in [0, 0.1) is 0 Å². The lowest BCUT2D eigenvalue weighted by atomic mass is 10.1. The van der Waals surface area contributed by atoms with Crippen LogP contribution in [0.15, 0.2) is 0 Å². The first-order chi connectivity index (χ1) is 8.24. The normalized spacial score (nSPS) is 20.2. The zero-order valence-electron chi connectivity index (χ0n) is 11.5. The average Bonchev–Trinajstić information content (AvgIpc) is 2.34. The van der Waals surface area contributed by atoms with E-state index >= 15 is 0 Å². The third-order valence-electron chi connectivity index (χ3n) is 3.40. The minimum Gasteiger partial charge on any atom is -0.320 e. The summed E-state index contributed by atoms with van der Waals surface area (Å²) in [5.41, 5.74) is 0. The van der Waals surface area contributed by atoms with Crippen LogP contribution in [-0.2, 0) is 0 Å². The van der Waals surface area contributed by atoms with Crippen molar-refractivity contribution in [2.45, 2.75) is 31.5 Å². The van der Waals surface area contributed by atoms with Gasteiger partial charge < -0.3 is 5.32 Å². The molecule has 1 rings (SSSR count). The van der Waals surface area contributed by atoms with E-state index in [4.69, 9.17) is 0 Å². The monoisotopic (exact) mass is 258 g/mol. The summed E-state index contributed by atoms with van der Waals surface area (Å²) < 4.78 is 0. The standard InChI is InChI=1S/C13H29N3P/c1-14-8-7-9-15-13(17(2)3)12-16-10-5-4-6-11-16/h13-15H,2,4-12H2,1,3H3/q+1. The summed E-state index contributed by atoms with van der Waals surface area (Å²) in [4.78, 5) is 2.61. The van der Waals surface area contributed by atoms with Gasteiger partial charge in [-0.15, -0.1) is 0 Å². The molecule has 0 aliphatic carbocycles. The maximum atomic E-state index is 4.26. The number of nitrogens with one attached hydrogen (secondary N) is 2. The molecule has 2 unspecified atom stereocenters. The van der Waals surface area contributed by atoms with E-state index in [0.29, 0.717) is 5.78 Å². The van der Waals surface area contributed by atoms with Gasteiger partial charge in [0.1, 0.15) is 7.55 Å². The summed E-state index contributed by atoms with van der Waals surface area (Å²) in [6, 6.07) is 0. The molecule has 1 fully saturated rings. The summed E-state index contributed by atoms with van der Waals surface area (Å²) in [6.07, 6.45) is 9.65. The molecule has 0 spiro atoms. The van der Waals surface area contributed by atoms with Crippen LogP contribution in [0.4, 0.5) is 0 Å². The molecule has 0 radical (unpaired) electrons. The van der Waals surface area contributed by atoms with Crippen LogP contribution in [0.1, 0.15) is 25.7 Å². The van der Waals surface area contributed by atoms with Crippen molar-refractivity contribution in [3.8, 4) is 0 Å². The molecule has 2 atom stereocenters. The molecule has 1 saturated heterocycles. The Morgan fingerprint density at radius 3 is 2.53 bits per heavy atom. The molecule has 1 aliphatic rings. The second kappa shape index (κ2) is 9.04. The van der Waals surface area contributed by atoms with E-state index in [9.17, 15) is 0 Å². The van der Waals surface area contributed by atoms with Gasteiger partial charge in [0.05, 0.1) is 19.5 Å². The molecule has 0 aromatic heterocycles. The van der Waals surface area contributed by atoms with Crippen LogP contribution in [0.5, 0.6) is 0 Å². The molecule has 100 valence electrons. The molecule has 3 nitrogen and oxygen atoms in total. The number of rotatable bonds is 8. The minimum absolute atomic E-state index is 0.133. The maximum absolute atomic E-state index is 4.26. The van der Waals surface area contributed by atoms with Gasteiger partial charge in [0, 0.05) is 6.54 Å². The molecule has 0 aromatic carbocycles. The summed E-state index contributed by atoms with van der Waals surface area (Å²) in [5, 5.41) is 6.88. The van der Waals surface area contributed by atoms with Gasteiger partial charge in [-0.25, -0.2) is 0 Å². The Balaban J connectivity index is 2.24. The number of likely N-dealkylation sites (tertiary alicyclic amines) is 1. The molecule has 2 N–H and O–H groups in total. The van der Waals surface area contributed by atoms with Crippen LogP contribution in [0.2, 0.25) is 0 Å². The molecule has 0 bridgehead atoms. The first-order valence-corrected chi connectivity index (χ1v) is 8.92. The molecule has 0 saturated carbocycles. The highest BCUT2D eigenvalue weighted by atomic mass is 31.1. The highest BCUT2D eigenvalue weighted by molar-refractivity contribution is 7.55. The van der Waals surface area contributed by atoms with E-state index in [2.05, 4.69) is 28.5 Å². The highest BCUT2D eigenvalue weighted by Gasteiger charge is 2.22. The predicted octanol–water partition coefficient (Wildman–Crippen LogP) is 1.54. The lowest BCUT2D eigenvalue weighted by Crippen LogP contribution is -2.41. The Morgan fingerprint density at radius 1 is 1.24 bits per heavy atom. The summed E-state index contributed by atoms with van der Waals surface area (Å²) in [6.45, 7) is 8.28. The van der Waals surface area contributed by atoms with Crippen molar-refractivity contribution in [1.29, 1.82) is 0 Å². The van der Waals surface area contributed by atoms with Gasteiger partial charge in [-0.2, -0.15) is 0 Å². The van der Waals surface area contributed by atoms with E-state index in [-0.39, 0.29) is 7.55 Å². The van der Waals surface area contributed by atoms with Crippen molar-refractivity contribution in [2.24, 2.45) is 0 Å². The average molecular weight is 258 g/mol. The fraction of sp³-hybridized carbons (Fsp3) is 0.923. The van der Waals surface area contributed by atoms with Crippen LogP contribution in [0.25, 0.3) is 0 Å². The Morgan fingerprint density at radius 2 is 1.94 bits per heavy atom. The van der Waals surface area contributed by atoms with Gasteiger partial charge in [0.2, 0.25) is 0 Å². The van der Waals surface area contributed by atoms with Crippen molar-refractivity contribution in [3.05, 3.63) is 0 Å². The van der Waals surface area contributed by atoms with Gasteiger partial charge in [0.15, 0.2) is 5.78 Å². The molecular weight excluding hydrogens is 229 g/mol. The molecule has 1 heterocycles. The Bertz CT molecular complexity index is 215. The molecule has 0 aromatic rings. The SMILES string of the molecule is C=[P+](C)C(CN1CCCCC1)NCCCNC. The zero-order valence-corrected chi connectivity index (χ0v) is 12.4. The van der Waals surface area contributed by atoms with Gasteiger partial charge in [-0.1, -0.05) is 6.42 Å². The predicted molar refractivity (Wildman–Crippen MR) is 80.6 cm³/mol. The molecule has 0 amide bonds. The van der Waals surface area contributed by atoms with Crippen molar-refractivity contribution in [3.63, 3.8) is 0 Å². The van der Waals surface area contributed by atoms with Crippen LogP contribution in [0.3, 0.4) is 0 Å². The second-order valence-corrected chi connectivity index (χ2v) is 7.18. The van der Waals surface area contributed by atoms with Gasteiger partial charge in [0.25, 0.3) is 0 Å². The Labute approximate surface area is 108 Å². The fourth-order valence-electron chi connectivity index (χ4n) is 2.28. The first kappa shape index (κ1) is 15.1. The molecule has 17 heavy (non-hydrogen) atoms. The lowest BCUT2D eigenvalue weighted by molar-refractivity contribution is 0.222. The van der Waals surface area contributed by atoms with Gasteiger partial charge in [-0.3, -0.25) is 10.2 Å². The second-order valence-electron chi connectivity index (χ2n) is 5.05. The van der Waals surface area contributed by atoms with E-state index < -0.39 is 0 Å².